The Bertz CT molecular complexity index is 1030. The first-order valence-corrected chi connectivity index (χ1v) is 9.62. The van der Waals surface area contributed by atoms with Crippen LogP contribution in [0.4, 0.5) is 0 Å². The van der Waals surface area contributed by atoms with E-state index < -0.39 is 41.2 Å². The summed E-state index contributed by atoms with van der Waals surface area (Å²) in [6.07, 6.45) is 2.03. The summed E-state index contributed by atoms with van der Waals surface area (Å²) < 4.78 is 5.69. The fourth-order valence-corrected chi connectivity index (χ4v) is 2.79. The van der Waals surface area contributed by atoms with Gasteiger partial charge in [0.1, 0.15) is 24.5 Å². The number of benzene rings is 1. The monoisotopic (exact) mass is 417 g/mol. The van der Waals surface area contributed by atoms with E-state index in [9.17, 15) is 24.3 Å². The molecule has 0 unspecified atom stereocenters. The highest BCUT2D eigenvalue weighted by Crippen LogP contribution is 2.29. The molecule has 3 N–H and O–H groups in total. The summed E-state index contributed by atoms with van der Waals surface area (Å²) in [4.78, 5) is 54.1. The van der Waals surface area contributed by atoms with Crippen LogP contribution >= 0.6 is 0 Å². The SMILES string of the molecule is CCOC(=O)CNC(=O)CNC(=O)c1c(O)c2ccccc2n(OCC2CC2)c1=O. The van der Waals surface area contributed by atoms with Gasteiger partial charge in [0.05, 0.1) is 18.7 Å². The number of pyridine rings is 1. The molecule has 1 heterocycles. The van der Waals surface area contributed by atoms with Gasteiger partial charge in [0.15, 0.2) is 0 Å². The molecule has 30 heavy (non-hydrogen) atoms. The van der Waals surface area contributed by atoms with Crippen LogP contribution in [0.3, 0.4) is 0 Å². The third-order valence-corrected chi connectivity index (χ3v) is 4.52. The molecule has 2 aromatic rings. The van der Waals surface area contributed by atoms with Crippen molar-refractivity contribution in [2.24, 2.45) is 5.92 Å². The van der Waals surface area contributed by atoms with Crippen LogP contribution in [0, 0.1) is 5.92 Å². The lowest BCUT2D eigenvalue weighted by atomic mass is 10.1. The van der Waals surface area contributed by atoms with E-state index in [2.05, 4.69) is 15.4 Å². The molecule has 3 rings (SSSR count). The highest BCUT2D eigenvalue weighted by atomic mass is 16.7. The van der Waals surface area contributed by atoms with Crippen LogP contribution in [0.5, 0.6) is 5.75 Å². The largest absolute Gasteiger partial charge is 0.506 e. The normalized spacial score (nSPS) is 13.0. The van der Waals surface area contributed by atoms with E-state index in [4.69, 9.17) is 4.84 Å². The number of rotatable bonds is 9. The van der Waals surface area contributed by atoms with Crippen molar-refractivity contribution in [1.29, 1.82) is 0 Å². The summed E-state index contributed by atoms with van der Waals surface area (Å²) in [5, 5.41) is 15.4. The van der Waals surface area contributed by atoms with Crippen molar-refractivity contribution in [3.63, 3.8) is 0 Å². The van der Waals surface area contributed by atoms with Gasteiger partial charge in [-0.1, -0.05) is 12.1 Å². The summed E-state index contributed by atoms with van der Waals surface area (Å²) in [6, 6.07) is 6.51. The number of amides is 2. The van der Waals surface area contributed by atoms with E-state index in [1.807, 2.05) is 0 Å². The molecule has 1 fully saturated rings. The number of aromatic hydroxyl groups is 1. The van der Waals surface area contributed by atoms with Gasteiger partial charge in [-0.15, -0.1) is 4.73 Å². The average molecular weight is 417 g/mol. The number of para-hydroxylation sites is 1. The third-order valence-electron chi connectivity index (χ3n) is 4.52. The fourth-order valence-electron chi connectivity index (χ4n) is 2.79. The van der Waals surface area contributed by atoms with Crippen molar-refractivity contribution in [3.8, 4) is 5.75 Å². The van der Waals surface area contributed by atoms with Crippen molar-refractivity contribution in [3.05, 3.63) is 40.2 Å². The Balaban J connectivity index is 1.77. The molecule has 1 aliphatic carbocycles. The number of fused-ring (bicyclic) bond motifs is 1. The Hall–Kier alpha value is -3.56. The minimum Gasteiger partial charge on any atom is -0.506 e. The first-order chi connectivity index (χ1) is 14.4. The van der Waals surface area contributed by atoms with Crippen LogP contribution in [0.2, 0.25) is 0 Å². The molecule has 10 heteroatoms. The van der Waals surface area contributed by atoms with E-state index in [-0.39, 0.29) is 18.5 Å². The van der Waals surface area contributed by atoms with Gasteiger partial charge in [-0.2, -0.15) is 0 Å². The van der Waals surface area contributed by atoms with Crippen LogP contribution < -0.4 is 21.0 Å². The third kappa shape index (κ3) is 4.88. The van der Waals surface area contributed by atoms with Crippen molar-refractivity contribution in [1.82, 2.24) is 15.4 Å². The van der Waals surface area contributed by atoms with Gasteiger partial charge in [0.2, 0.25) is 5.91 Å². The van der Waals surface area contributed by atoms with E-state index >= 15 is 0 Å². The summed E-state index contributed by atoms with van der Waals surface area (Å²) >= 11 is 0. The number of hydrogen-bond acceptors (Lipinski definition) is 7. The second-order valence-corrected chi connectivity index (χ2v) is 6.84. The lowest BCUT2D eigenvalue weighted by Gasteiger charge is -2.15. The molecular weight excluding hydrogens is 394 g/mol. The number of aromatic nitrogens is 1. The summed E-state index contributed by atoms with van der Waals surface area (Å²) in [7, 11) is 0. The maximum absolute atomic E-state index is 12.9. The van der Waals surface area contributed by atoms with Gasteiger partial charge in [-0.3, -0.25) is 19.2 Å². The lowest BCUT2D eigenvalue weighted by molar-refractivity contribution is -0.143. The predicted molar refractivity (Wildman–Crippen MR) is 106 cm³/mol. The minimum atomic E-state index is -0.932. The Labute approximate surface area is 171 Å². The molecule has 0 aliphatic heterocycles. The van der Waals surface area contributed by atoms with Crippen LogP contribution in [0.25, 0.3) is 10.9 Å². The molecule has 0 saturated heterocycles. The Kier molecular flexibility index (Phi) is 6.55. The zero-order valence-corrected chi connectivity index (χ0v) is 16.5. The van der Waals surface area contributed by atoms with E-state index in [1.54, 1.807) is 31.2 Å². The zero-order chi connectivity index (χ0) is 21.7. The van der Waals surface area contributed by atoms with Crippen LogP contribution in [-0.4, -0.2) is 53.9 Å². The lowest BCUT2D eigenvalue weighted by Crippen LogP contribution is -2.42. The molecule has 0 spiro atoms. The molecule has 1 aromatic carbocycles. The minimum absolute atomic E-state index is 0.182. The Morgan fingerprint density at radius 3 is 2.60 bits per heavy atom. The molecule has 1 aliphatic rings. The van der Waals surface area contributed by atoms with Crippen molar-refractivity contribution < 1.29 is 29.1 Å². The van der Waals surface area contributed by atoms with Gasteiger partial charge < -0.3 is 25.3 Å². The van der Waals surface area contributed by atoms with E-state index in [0.29, 0.717) is 18.0 Å². The molecule has 0 radical (unpaired) electrons. The van der Waals surface area contributed by atoms with Crippen molar-refractivity contribution >= 4 is 28.7 Å². The molecule has 160 valence electrons. The zero-order valence-electron chi connectivity index (χ0n) is 16.5. The van der Waals surface area contributed by atoms with Crippen LogP contribution in [-0.2, 0) is 14.3 Å². The molecule has 0 bridgehead atoms. The van der Waals surface area contributed by atoms with Crippen molar-refractivity contribution in [2.75, 3.05) is 26.3 Å². The van der Waals surface area contributed by atoms with E-state index in [0.717, 1.165) is 17.6 Å². The van der Waals surface area contributed by atoms with Crippen molar-refractivity contribution in [2.45, 2.75) is 19.8 Å². The van der Waals surface area contributed by atoms with Gasteiger partial charge in [-0.25, -0.2) is 0 Å². The second-order valence-electron chi connectivity index (χ2n) is 6.84. The molecular formula is C20H23N3O7. The number of carbonyl (C=O) groups excluding carboxylic acids is 3. The summed E-state index contributed by atoms with van der Waals surface area (Å²) in [5.74, 6) is -2.32. The Morgan fingerprint density at radius 2 is 1.90 bits per heavy atom. The average Bonchev–Trinajstić information content (AvgIpc) is 3.55. The smallest absolute Gasteiger partial charge is 0.325 e. The summed E-state index contributed by atoms with van der Waals surface area (Å²) in [6.45, 7) is 1.31. The van der Waals surface area contributed by atoms with Gasteiger partial charge in [-0.05, 0) is 37.8 Å². The van der Waals surface area contributed by atoms with Gasteiger partial charge in [0.25, 0.3) is 11.5 Å². The maximum Gasteiger partial charge on any atom is 0.325 e. The first kappa shape index (κ1) is 21.2. The van der Waals surface area contributed by atoms with Gasteiger partial charge in [0, 0.05) is 5.39 Å². The fraction of sp³-hybridized carbons (Fsp3) is 0.400. The highest BCUT2D eigenvalue weighted by Gasteiger charge is 2.26. The molecule has 1 aromatic heterocycles. The number of carbonyl (C=O) groups is 3. The van der Waals surface area contributed by atoms with Crippen LogP contribution in [0.1, 0.15) is 30.1 Å². The van der Waals surface area contributed by atoms with E-state index in [1.165, 1.54) is 0 Å². The first-order valence-electron chi connectivity index (χ1n) is 9.62. The number of nitrogens with one attached hydrogen (secondary N) is 2. The number of esters is 1. The second kappa shape index (κ2) is 9.29. The topological polar surface area (TPSA) is 136 Å². The maximum atomic E-state index is 12.9. The molecule has 10 nitrogen and oxygen atoms in total. The summed E-state index contributed by atoms with van der Waals surface area (Å²) in [5.41, 5.74) is -1.01. The quantitative estimate of drug-likeness (QED) is 0.487. The number of ether oxygens (including phenoxy) is 1. The standard InChI is InChI=1S/C20H23N3O7/c1-2-29-16(25)10-21-15(24)9-22-19(27)17-18(26)13-5-3-4-6-14(13)23(20(17)28)30-11-12-7-8-12/h3-6,12,26H,2,7-11H2,1H3,(H,21,24)(H,22,27). The highest BCUT2D eigenvalue weighted by molar-refractivity contribution is 6.03. The predicted octanol–water partition coefficient (Wildman–Crippen LogP) is -0.0452. The number of hydrogen-bond donors (Lipinski definition) is 3. The molecule has 1 saturated carbocycles. The Morgan fingerprint density at radius 1 is 1.17 bits per heavy atom. The molecule has 2 amide bonds. The van der Waals surface area contributed by atoms with Crippen LogP contribution in [0.15, 0.2) is 29.1 Å². The van der Waals surface area contributed by atoms with Gasteiger partial charge >= 0.3 is 5.97 Å². The molecule has 0 atom stereocenters. The number of nitrogens with zero attached hydrogens (tertiary/aromatic N) is 1.